The molecule has 0 aliphatic rings. The van der Waals surface area contributed by atoms with Gasteiger partial charge in [-0.25, -0.2) is 4.98 Å². The third-order valence-electron chi connectivity index (χ3n) is 2.47. The number of anilines is 3. The molecule has 2 aromatic rings. The van der Waals surface area contributed by atoms with Crippen LogP contribution in [-0.4, -0.2) is 19.1 Å². The number of hydrogen-bond donors (Lipinski definition) is 1. The molecular formula is C13H13BrClN3. The van der Waals surface area contributed by atoms with Crippen LogP contribution in [0.3, 0.4) is 0 Å². The summed E-state index contributed by atoms with van der Waals surface area (Å²) in [6.07, 6.45) is 1.67. The van der Waals surface area contributed by atoms with E-state index < -0.39 is 0 Å². The van der Waals surface area contributed by atoms with E-state index in [1.165, 1.54) is 0 Å². The first-order chi connectivity index (χ1) is 8.56. The summed E-state index contributed by atoms with van der Waals surface area (Å²) in [5.41, 5.74) is 2.91. The molecule has 1 aromatic carbocycles. The maximum absolute atomic E-state index is 6.03. The molecule has 0 unspecified atom stereocenters. The maximum Gasteiger partial charge on any atom is 0.152 e. The molecule has 3 nitrogen and oxygen atoms in total. The molecule has 0 saturated carbocycles. The fourth-order valence-electron chi connectivity index (χ4n) is 1.51. The van der Waals surface area contributed by atoms with Gasteiger partial charge in [-0.2, -0.15) is 0 Å². The first-order valence-corrected chi connectivity index (χ1v) is 6.59. The molecule has 1 N–H and O–H groups in total. The Bertz CT molecular complexity index is 540. The molecule has 0 fully saturated rings. The Hall–Kier alpha value is -1.26. The van der Waals surface area contributed by atoms with Gasteiger partial charge in [0.1, 0.15) is 0 Å². The van der Waals surface area contributed by atoms with Gasteiger partial charge in [0, 0.05) is 36.1 Å². The smallest absolute Gasteiger partial charge is 0.152 e. The van der Waals surface area contributed by atoms with Gasteiger partial charge in [0.15, 0.2) is 5.15 Å². The molecule has 0 amide bonds. The average molecular weight is 327 g/mol. The quantitative estimate of drug-likeness (QED) is 0.852. The highest BCUT2D eigenvalue weighted by Crippen LogP contribution is 2.27. The Morgan fingerprint density at radius 2 is 1.89 bits per heavy atom. The highest BCUT2D eigenvalue weighted by atomic mass is 79.9. The van der Waals surface area contributed by atoms with Crippen molar-refractivity contribution in [3.8, 4) is 0 Å². The molecule has 1 aromatic heterocycles. The molecular weight excluding hydrogens is 314 g/mol. The van der Waals surface area contributed by atoms with Crippen LogP contribution in [0, 0.1) is 0 Å². The number of benzene rings is 1. The Kier molecular flexibility index (Phi) is 4.09. The van der Waals surface area contributed by atoms with Crippen LogP contribution in [0.1, 0.15) is 0 Å². The standard InChI is InChI=1S/C13H13BrClN3/c1-18(2)11-5-3-10(4-6-11)17-12-7-9(14)8-16-13(12)15/h3-8,17H,1-2H3. The molecule has 0 aliphatic carbocycles. The Balaban J connectivity index is 2.21. The maximum atomic E-state index is 6.03. The van der Waals surface area contributed by atoms with Crippen LogP contribution >= 0.6 is 27.5 Å². The molecule has 94 valence electrons. The van der Waals surface area contributed by atoms with Crippen molar-refractivity contribution < 1.29 is 0 Å². The van der Waals surface area contributed by atoms with Crippen LogP contribution in [0.2, 0.25) is 5.15 Å². The predicted molar refractivity (Wildman–Crippen MR) is 81.0 cm³/mol. The van der Waals surface area contributed by atoms with Crippen LogP contribution < -0.4 is 10.2 Å². The number of nitrogens with zero attached hydrogens (tertiary/aromatic N) is 2. The van der Waals surface area contributed by atoms with Crippen molar-refractivity contribution in [2.24, 2.45) is 0 Å². The van der Waals surface area contributed by atoms with E-state index in [-0.39, 0.29) is 0 Å². The highest BCUT2D eigenvalue weighted by molar-refractivity contribution is 9.10. The summed E-state index contributed by atoms with van der Waals surface area (Å²) in [5.74, 6) is 0. The van der Waals surface area contributed by atoms with Gasteiger partial charge in [0.25, 0.3) is 0 Å². The second kappa shape index (κ2) is 5.59. The van der Waals surface area contributed by atoms with Gasteiger partial charge in [-0.15, -0.1) is 0 Å². The van der Waals surface area contributed by atoms with Gasteiger partial charge >= 0.3 is 0 Å². The van der Waals surface area contributed by atoms with Crippen LogP contribution in [0.5, 0.6) is 0 Å². The topological polar surface area (TPSA) is 28.2 Å². The summed E-state index contributed by atoms with van der Waals surface area (Å²) in [4.78, 5) is 6.12. The van der Waals surface area contributed by atoms with Crippen LogP contribution in [0.15, 0.2) is 41.0 Å². The van der Waals surface area contributed by atoms with Crippen molar-refractivity contribution in [2.75, 3.05) is 24.3 Å². The summed E-state index contributed by atoms with van der Waals surface area (Å²) in [7, 11) is 4.02. The molecule has 2 rings (SSSR count). The van der Waals surface area contributed by atoms with Gasteiger partial charge in [0.2, 0.25) is 0 Å². The lowest BCUT2D eigenvalue weighted by atomic mass is 10.2. The molecule has 0 atom stereocenters. The zero-order valence-electron chi connectivity index (χ0n) is 10.1. The van der Waals surface area contributed by atoms with Crippen LogP contribution in [-0.2, 0) is 0 Å². The number of halogens is 2. The summed E-state index contributed by atoms with van der Waals surface area (Å²) in [6, 6.07) is 10.00. The van der Waals surface area contributed by atoms with Crippen molar-refractivity contribution in [1.82, 2.24) is 4.98 Å². The minimum absolute atomic E-state index is 0.454. The largest absolute Gasteiger partial charge is 0.378 e. The van der Waals surface area contributed by atoms with Crippen molar-refractivity contribution in [3.05, 3.63) is 46.2 Å². The van der Waals surface area contributed by atoms with E-state index in [2.05, 4.69) is 31.1 Å². The molecule has 5 heteroatoms. The monoisotopic (exact) mass is 325 g/mol. The van der Waals surface area contributed by atoms with Crippen molar-refractivity contribution in [2.45, 2.75) is 0 Å². The number of hydrogen-bond acceptors (Lipinski definition) is 3. The van der Waals surface area contributed by atoms with Gasteiger partial charge in [-0.3, -0.25) is 0 Å². The number of aromatic nitrogens is 1. The van der Waals surface area contributed by atoms with Crippen molar-refractivity contribution >= 4 is 44.6 Å². The first kappa shape index (κ1) is 13.2. The molecule has 0 radical (unpaired) electrons. The highest BCUT2D eigenvalue weighted by Gasteiger charge is 2.03. The average Bonchev–Trinajstić information content (AvgIpc) is 2.34. The van der Waals surface area contributed by atoms with E-state index in [4.69, 9.17) is 11.6 Å². The Morgan fingerprint density at radius 3 is 2.50 bits per heavy atom. The minimum Gasteiger partial charge on any atom is -0.378 e. The van der Waals surface area contributed by atoms with Gasteiger partial charge in [0.05, 0.1) is 5.69 Å². The van der Waals surface area contributed by atoms with Crippen LogP contribution in [0.25, 0.3) is 0 Å². The third-order valence-corrected chi connectivity index (χ3v) is 3.20. The van der Waals surface area contributed by atoms with E-state index in [0.717, 1.165) is 21.5 Å². The summed E-state index contributed by atoms with van der Waals surface area (Å²) in [5, 5.41) is 3.69. The summed E-state index contributed by atoms with van der Waals surface area (Å²) >= 11 is 9.40. The van der Waals surface area contributed by atoms with E-state index in [1.807, 2.05) is 44.4 Å². The molecule has 18 heavy (non-hydrogen) atoms. The van der Waals surface area contributed by atoms with E-state index in [9.17, 15) is 0 Å². The van der Waals surface area contributed by atoms with Gasteiger partial charge in [-0.05, 0) is 46.3 Å². The zero-order valence-corrected chi connectivity index (χ0v) is 12.5. The normalized spacial score (nSPS) is 10.2. The second-order valence-corrected chi connectivity index (χ2v) is 5.33. The lowest BCUT2D eigenvalue weighted by Gasteiger charge is -2.13. The third kappa shape index (κ3) is 3.15. The first-order valence-electron chi connectivity index (χ1n) is 5.42. The van der Waals surface area contributed by atoms with E-state index in [1.54, 1.807) is 6.20 Å². The summed E-state index contributed by atoms with van der Waals surface area (Å²) < 4.78 is 0.888. The molecule has 1 heterocycles. The Labute approximate surface area is 120 Å². The minimum atomic E-state index is 0.454. The van der Waals surface area contributed by atoms with E-state index >= 15 is 0 Å². The Morgan fingerprint density at radius 1 is 1.22 bits per heavy atom. The molecule has 0 saturated heterocycles. The lowest BCUT2D eigenvalue weighted by molar-refractivity contribution is 1.13. The SMILES string of the molecule is CN(C)c1ccc(Nc2cc(Br)cnc2Cl)cc1. The molecule has 0 aliphatic heterocycles. The van der Waals surface area contributed by atoms with Gasteiger partial charge < -0.3 is 10.2 Å². The zero-order chi connectivity index (χ0) is 13.1. The number of pyridine rings is 1. The summed E-state index contributed by atoms with van der Waals surface area (Å²) in [6.45, 7) is 0. The number of rotatable bonds is 3. The lowest BCUT2D eigenvalue weighted by Crippen LogP contribution is -2.08. The van der Waals surface area contributed by atoms with Crippen LogP contribution in [0.4, 0.5) is 17.1 Å². The van der Waals surface area contributed by atoms with Crippen molar-refractivity contribution in [3.63, 3.8) is 0 Å². The van der Waals surface area contributed by atoms with Crippen molar-refractivity contribution in [1.29, 1.82) is 0 Å². The number of nitrogens with one attached hydrogen (secondary N) is 1. The second-order valence-electron chi connectivity index (χ2n) is 4.06. The fraction of sp³-hybridized carbons (Fsp3) is 0.154. The van der Waals surface area contributed by atoms with E-state index in [0.29, 0.717) is 5.15 Å². The fourth-order valence-corrected chi connectivity index (χ4v) is 1.99. The molecule has 0 spiro atoms. The molecule has 0 bridgehead atoms. The predicted octanol–water partition coefficient (Wildman–Crippen LogP) is 4.31. The van der Waals surface area contributed by atoms with Gasteiger partial charge in [-0.1, -0.05) is 11.6 Å².